The number of fused-ring (bicyclic) bond motifs is 1. The second-order valence-corrected chi connectivity index (χ2v) is 8.17. The fraction of sp³-hybridized carbons (Fsp3) is 0.227. The number of rotatable bonds is 4. The van der Waals surface area contributed by atoms with Crippen LogP contribution in [0.4, 0.5) is 5.95 Å². The van der Waals surface area contributed by atoms with Gasteiger partial charge in [-0.25, -0.2) is 4.68 Å². The quantitative estimate of drug-likeness (QED) is 0.631. The number of aromatic hydroxyl groups is 1. The molecule has 2 heterocycles. The van der Waals surface area contributed by atoms with E-state index < -0.39 is 0 Å². The first-order valence-electron chi connectivity index (χ1n) is 9.64. The van der Waals surface area contributed by atoms with Gasteiger partial charge in [0.1, 0.15) is 11.8 Å². The van der Waals surface area contributed by atoms with Crippen LogP contribution in [-0.2, 0) is 10.5 Å². The molecule has 0 saturated heterocycles. The summed E-state index contributed by atoms with van der Waals surface area (Å²) < 4.78 is 1.81. The molecule has 1 aliphatic carbocycles. The van der Waals surface area contributed by atoms with Gasteiger partial charge >= 0.3 is 0 Å². The lowest BCUT2D eigenvalue weighted by Crippen LogP contribution is -2.31. The lowest BCUT2D eigenvalue weighted by atomic mass is 9.85. The zero-order valence-electron chi connectivity index (χ0n) is 15.7. The number of allylic oxidation sites excluding steroid dienone is 2. The van der Waals surface area contributed by atoms with E-state index in [-0.39, 0.29) is 17.6 Å². The topological polar surface area (TPSA) is 80.0 Å². The third-order valence-corrected chi connectivity index (χ3v) is 6.18. The normalized spacial score (nSPS) is 18.2. The third kappa shape index (κ3) is 3.42. The Hall–Kier alpha value is -3.06. The minimum absolute atomic E-state index is 0.150. The number of nitrogens with zero attached hydrogens (tertiary/aromatic N) is 3. The van der Waals surface area contributed by atoms with Gasteiger partial charge in [-0.15, -0.1) is 5.10 Å². The monoisotopic (exact) mass is 404 g/mol. The maximum atomic E-state index is 12.8. The highest BCUT2D eigenvalue weighted by molar-refractivity contribution is 7.98. The summed E-state index contributed by atoms with van der Waals surface area (Å²) in [6.45, 7) is 0. The van der Waals surface area contributed by atoms with E-state index in [9.17, 15) is 9.90 Å². The minimum Gasteiger partial charge on any atom is -0.508 e. The molecule has 146 valence electrons. The fourth-order valence-corrected chi connectivity index (χ4v) is 4.67. The van der Waals surface area contributed by atoms with Crippen LogP contribution in [0.5, 0.6) is 5.75 Å². The zero-order chi connectivity index (χ0) is 19.8. The van der Waals surface area contributed by atoms with Crippen molar-refractivity contribution in [3.8, 4) is 5.75 Å². The Morgan fingerprint density at radius 3 is 2.69 bits per heavy atom. The van der Waals surface area contributed by atoms with Crippen molar-refractivity contribution in [2.45, 2.75) is 36.2 Å². The molecule has 0 saturated carbocycles. The number of anilines is 1. The molecule has 0 radical (unpaired) electrons. The van der Waals surface area contributed by atoms with E-state index in [1.54, 1.807) is 23.9 Å². The van der Waals surface area contributed by atoms with Gasteiger partial charge in [0.05, 0.1) is 0 Å². The number of aromatic nitrogens is 3. The number of carbonyl (C=O) groups is 1. The molecule has 1 aliphatic heterocycles. The molecule has 2 aliphatic rings. The van der Waals surface area contributed by atoms with Gasteiger partial charge in [0.2, 0.25) is 11.1 Å². The average molecular weight is 404 g/mol. The summed E-state index contributed by atoms with van der Waals surface area (Å²) in [4.78, 5) is 17.5. The number of hydrogen-bond acceptors (Lipinski definition) is 6. The van der Waals surface area contributed by atoms with Crippen molar-refractivity contribution in [1.82, 2.24) is 14.8 Å². The lowest BCUT2D eigenvalue weighted by Gasteiger charge is -2.32. The number of Topliss-reactive ketones (excluding diaryl/α,β-unsaturated/α-hetero) is 1. The highest BCUT2D eigenvalue weighted by atomic mass is 32.2. The number of hydrogen-bond donors (Lipinski definition) is 2. The number of phenolic OH excluding ortho intramolecular Hbond substituents is 1. The zero-order valence-corrected chi connectivity index (χ0v) is 16.5. The van der Waals surface area contributed by atoms with Gasteiger partial charge in [0.15, 0.2) is 5.78 Å². The molecule has 0 fully saturated rings. The van der Waals surface area contributed by atoms with Crippen LogP contribution in [0.3, 0.4) is 0 Å². The second kappa shape index (κ2) is 7.40. The average Bonchev–Trinajstić information content (AvgIpc) is 3.15. The van der Waals surface area contributed by atoms with Crippen molar-refractivity contribution in [2.24, 2.45) is 0 Å². The molecule has 0 spiro atoms. The number of nitrogens with one attached hydrogen (secondary N) is 1. The molecule has 0 bridgehead atoms. The summed E-state index contributed by atoms with van der Waals surface area (Å²) in [6, 6.07) is 16.9. The molecule has 1 aromatic heterocycles. The summed E-state index contributed by atoms with van der Waals surface area (Å²) in [6.07, 6.45) is 2.22. The van der Waals surface area contributed by atoms with Gasteiger partial charge in [0.25, 0.3) is 0 Å². The number of phenols is 1. The minimum atomic E-state index is -0.326. The summed E-state index contributed by atoms with van der Waals surface area (Å²) in [5.41, 5.74) is 3.83. The Kier molecular flexibility index (Phi) is 4.60. The van der Waals surface area contributed by atoms with E-state index in [0.717, 1.165) is 35.4 Å². The van der Waals surface area contributed by atoms with Crippen molar-refractivity contribution in [3.05, 3.63) is 77.0 Å². The van der Waals surface area contributed by atoms with Crippen LogP contribution in [0.2, 0.25) is 0 Å². The number of thioether (sulfide) groups is 1. The maximum absolute atomic E-state index is 12.8. The van der Waals surface area contributed by atoms with E-state index in [0.29, 0.717) is 17.5 Å². The molecule has 7 heteroatoms. The van der Waals surface area contributed by atoms with Gasteiger partial charge in [-0.05, 0) is 36.1 Å². The lowest BCUT2D eigenvalue weighted by molar-refractivity contribution is -0.116. The molecule has 0 unspecified atom stereocenters. The van der Waals surface area contributed by atoms with E-state index >= 15 is 0 Å². The highest BCUT2D eigenvalue weighted by Crippen LogP contribution is 2.40. The molecular formula is C22H20N4O2S. The Labute approximate surface area is 172 Å². The molecule has 3 aromatic rings. The molecule has 1 atom stereocenters. The smallest absolute Gasteiger partial charge is 0.227 e. The highest BCUT2D eigenvalue weighted by Gasteiger charge is 2.36. The molecule has 0 amide bonds. The first kappa shape index (κ1) is 18.0. The van der Waals surface area contributed by atoms with E-state index in [1.807, 2.05) is 35.0 Å². The predicted octanol–water partition coefficient (Wildman–Crippen LogP) is 4.30. The SMILES string of the molecule is O=C1CCCC2=C1[C@@H](c1ccc(O)cc1)n1nc(SCc3ccccc3)nc1N2. The first-order valence-corrected chi connectivity index (χ1v) is 10.6. The predicted molar refractivity (Wildman–Crippen MR) is 112 cm³/mol. The van der Waals surface area contributed by atoms with E-state index in [2.05, 4.69) is 22.4 Å². The van der Waals surface area contributed by atoms with Crippen molar-refractivity contribution in [1.29, 1.82) is 0 Å². The molecule has 5 rings (SSSR count). The van der Waals surface area contributed by atoms with Crippen LogP contribution < -0.4 is 5.32 Å². The van der Waals surface area contributed by atoms with Crippen LogP contribution in [0, 0.1) is 0 Å². The number of benzene rings is 2. The summed E-state index contributed by atoms with van der Waals surface area (Å²) in [5.74, 6) is 1.79. The van der Waals surface area contributed by atoms with Crippen LogP contribution >= 0.6 is 11.8 Å². The van der Waals surface area contributed by atoms with Crippen LogP contribution in [0.25, 0.3) is 0 Å². The maximum Gasteiger partial charge on any atom is 0.227 e. The van der Waals surface area contributed by atoms with Gasteiger partial charge in [-0.3, -0.25) is 4.79 Å². The van der Waals surface area contributed by atoms with E-state index in [1.165, 1.54) is 5.56 Å². The number of ketones is 1. The largest absolute Gasteiger partial charge is 0.508 e. The van der Waals surface area contributed by atoms with Crippen molar-refractivity contribution in [2.75, 3.05) is 5.32 Å². The van der Waals surface area contributed by atoms with Gasteiger partial charge < -0.3 is 10.4 Å². The van der Waals surface area contributed by atoms with Crippen molar-refractivity contribution < 1.29 is 9.90 Å². The van der Waals surface area contributed by atoms with Crippen molar-refractivity contribution >= 4 is 23.5 Å². The molecule has 29 heavy (non-hydrogen) atoms. The summed E-state index contributed by atoms with van der Waals surface area (Å²) >= 11 is 1.57. The second-order valence-electron chi connectivity index (χ2n) is 7.22. The summed E-state index contributed by atoms with van der Waals surface area (Å²) in [5, 5.41) is 18.4. The molecule has 2 aromatic carbocycles. The standard InChI is InChI=1S/C22H20N4O2S/c27-16-11-9-15(10-12-16)20-19-17(7-4-8-18(19)28)23-21-24-22(25-26(20)21)29-13-14-5-2-1-3-6-14/h1-3,5-6,9-12,20,27H,4,7-8,13H2,(H,23,24,25)/t20-/m1/s1. The number of carbonyl (C=O) groups excluding carboxylic acids is 1. The molecule has 6 nitrogen and oxygen atoms in total. The van der Waals surface area contributed by atoms with Gasteiger partial charge in [0, 0.05) is 23.4 Å². The van der Waals surface area contributed by atoms with Crippen LogP contribution in [0.15, 0.2) is 71.0 Å². The van der Waals surface area contributed by atoms with E-state index in [4.69, 9.17) is 5.10 Å². The van der Waals surface area contributed by atoms with Crippen molar-refractivity contribution in [3.63, 3.8) is 0 Å². The van der Waals surface area contributed by atoms with Crippen LogP contribution in [0.1, 0.15) is 36.4 Å². The Morgan fingerprint density at radius 2 is 1.90 bits per heavy atom. The summed E-state index contributed by atoms with van der Waals surface area (Å²) in [7, 11) is 0. The van der Waals surface area contributed by atoms with Gasteiger partial charge in [-0.1, -0.05) is 54.2 Å². The molecule has 2 N–H and O–H groups in total. The van der Waals surface area contributed by atoms with Crippen LogP contribution in [-0.4, -0.2) is 25.7 Å². The third-order valence-electron chi connectivity index (χ3n) is 5.27. The first-order chi connectivity index (χ1) is 14.2. The van der Waals surface area contributed by atoms with Gasteiger partial charge in [-0.2, -0.15) is 4.98 Å². The Morgan fingerprint density at radius 1 is 1.10 bits per heavy atom. The molecular weight excluding hydrogens is 384 g/mol. The Bertz CT molecular complexity index is 1090. The fourth-order valence-electron chi connectivity index (χ4n) is 3.88. The Balaban J connectivity index is 1.52.